The molecule has 1 aromatic rings. The number of rotatable bonds is 5. The van der Waals surface area contributed by atoms with Crippen LogP contribution in [0.4, 0.5) is 0 Å². The number of benzene rings is 1. The summed E-state index contributed by atoms with van der Waals surface area (Å²) in [5.41, 5.74) is 8.75. The Morgan fingerprint density at radius 2 is 1.81 bits per heavy atom. The van der Waals surface area contributed by atoms with Crippen molar-refractivity contribution >= 4 is 0 Å². The van der Waals surface area contributed by atoms with Crippen molar-refractivity contribution in [3.8, 4) is 0 Å². The Hall–Kier alpha value is -0.860. The summed E-state index contributed by atoms with van der Waals surface area (Å²) in [4.78, 5) is 0. The molecule has 0 spiro atoms. The number of nitrogens with one attached hydrogen (secondary N) is 1. The van der Waals surface area contributed by atoms with E-state index in [0.29, 0.717) is 0 Å². The standard InChI is InChI=1S/C14H24N2/c1-5-6-11-7-9-12(10-8-11)13(15)14(2,3)16-4/h7-10,13,16H,5-6,15H2,1-4H3. The molecule has 0 saturated carbocycles. The van der Waals surface area contributed by atoms with Crippen molar-refractivity contribution in [3.05, 3.63) is 35.4 Å². The number of nitrogens with two attached hydrogens (primary N) is 1. The minimum atomic E-state index is -0.0771. The van der Waals surface area contributed by atoms with Crippen molar-refractivity contribution in [2.45, 2.75) is 45.2 Å². The molecule has 3 N–H and O–H groups in total. The number of likely N-dealkylation sites (N-methyl/N-ethyl adjacent to an activating group) is 1. The average Bonchev–Trinajstić information content (AvgIpc) is 2.29. The van der Waals surface area contributed by atoms with Crippen LogP contribution in [0.25, 0.3) is 0 Å². The van der Waals surface area contributed by atoms with Gasteiger partial charge in [-0.2, -0.15) is 0 Å². The molecule has 1 unspecified atom stereocenters. The fourth-order valence-corrected chi connectivity index (χ4v) is 1.75. The minimum Gasteiger partial charge on any atom is -0.322 e. The summed E-state index contributed by atoms with van der Waals surface area (Å²) in [6, 6.07) is 8.69. The monoisotopic (exact) mass is 220 g/mol. The maximum absolute atomic E-state index is 6.24. The van der Waals surface area contributed by atoms with Gasteiger partial charge in [0.2, 0.25) is 0 Å². The van der Waals surface area contributed by atoms with Crippen LogP contribution in [0.3, 0.4) is 0 Å². The van der Waals surface area contributed by atoms with E-state index in [1.807, 2.05) is 7.05 Å². The number of hydrogen-bond acceptors (Lipinski definition) is 2. The summed E-state index contributed by atoms with van der Waals surface area (Å²) in [6.45, 7) is 6.44. The predicted molar refractivity (Wildman–Crippen MR) is 70.5 cm³/mol. The maximum Gasteiger partial charge on any atom is 0.0474 e. The first kappa shape index (κ1) is 13.2. The Morgan fingerprint density at radius 1 is 1.25 bits per heavy atom. The number of hydrogen-bond donors (Lipinski definition) is 2. The Labute approximate surface area is 99.2 Å². The molecule has 0 saturated heterocycles. The van der Waals surface area contributed by atoms with E-state index in [-0.39, 0.29) is 11.6 Å². The summed E-state index contributed by atoms with van der Waals surface area (Å²) in [6.07, 6.45) is 2.33. The second kappa shape index (κ2) is 5.46. The van der Waals surface area contributed by atoms with Crippen molar-refractivity contribution in [3.63, 3.8) is 0 Å². The summed E-state index contributed by atoms with van der Waals surface area (Å²) < 4.78 is 0. The molecule has 1 aromatic carbocycles. The highest BCUT2D eigenvalue weighted by atomic mass is 15.0. The molecule has 16 heavy (non-hydrogen) atoms. The Balaban J connectivity index is 2.81. The molecule has 1 rings (SSSR count). The zero-order valence-corrected chi connectivity index (χ0v) is 10.9. The van der Waals surface area contributed by atoms with Crippen LogP contribution in [0.2, 0.25) is 0 Å². The van der Waals surface area contributed by atoms with Crippen LogP contribution < -0.4 is 11.1 Å². The molecule has 0 aliphatic carbocycles. The molecule has 0 aliphatic rings. The first-order valence-corrected chi connectivity index (χ1v) is 6.04. The van der Waals surface area contributed by atoms with Gasteiger partial charge in [0, 0.05) is 11.6 Å². The molecule has 1 atom stereocenters. The van der Waals surface area contributed by atoms with E-state index in [4.69, 9.17) is 5.73 Å². The Kier molecular flexibility index (Phi) is 4.51. The van der Waals surface area contributed by atoms with Gasteiger partial charge in [-0.25, -0.2) is 0 Å². The summed E-state index contributed by atoms with van der Waals surface area (Å²) in [5, 5.41) is 3.25. The Morgan fingerprint density at radius 3 is 2.25 bits per heavy atom. The van der Waals surface area contributed by atoms with E-state index in [1.165, 1.54) is 17.5 Å². The fourth-order valence-electron chi connectivity index (χ4n) is 1.75. The lowest BCUT2D eigenvalue weighted by Gasteiger charge is -2.31. The second-order valence-corrected chi connectivity index (χ2v) is 4.94. The van der Waals surface area contributed by atoms with Crippen LogP contribution in [0.5, 0.6) is 0 Å². The molecule has 90 valence electrons. The van der Waals surface area contributed by atoms with Gasteiger partial charge in [-0.1, -0.05) is 37.6 Å². The van der Waals surface area contributed by atoms with Crippen LogP contribution >= 0.6 is 0 Å². The molecule has 0 heterocycles. The molecular formula is C14H24N2. The molecule has 0 bridgehead atoms. The van der Waals surface area contributed by atoms with Crippen molar-refractivity contribution in [2.75, 3.05) is 7.05 Å². The molecule has 2 heteroatoms. The molecular weight excluding hydrogens is 196 g/mol. The molecule has 0 aliphatic heterocycles. The van der Waals surface area contributed by atoms with Gasteiger partial charge in [-0.05, 0) is 38.4 Å². The predicted octanol–water partition coefficient (Wildman–Crippen LogP) is 2.64. The fraction of sp³-hybridized carbons (Fsp3) is 0.571. The average molecular weight is 220 g/mol. The third-order valence-electron chi connectivity index (χ3n) is 3.30. The zero-order chi connectivity index (χ0) is 12.2. The van der Waals surface area contributed by atoms with Gasteiger partial charge in [-0.3, -0.25) is 0 Å². The largest absolute Gasteiger partial charge is 0.322 e. The molecule has 0 aromatic heterocycles. The lowest BCUT2D eigenvalue weighted by atomic mass is 9.89. The van der Waals surface area contributed by atoms with Crippen molar-refractivity contribution < 1.29 is 0 Å². The molecule has 0 fully saturated rings. The normalized spacial score (nSPS) is 13.8. The van der Waals surface area contributed by atoms with Gasteiger partial charge in [0.15, 0.2) is 0 Å². The maximum atomic E-state index is 6.24. The molecule has 0 radical (unpaired) electrons. The SMILES string of the molecule is CCCc1ccc(C(N)C(C)(C)NC)cc1. The van der Waals surface area contributed by atoms with Crippen molar-refractivity contribution in [2.24, 2.45) is 5.73 Å². The highest BCUT2D eigenvalue weighted by Gasteiger charge is 2.25. The third kappa shape index (κ3) is 3.06. The van der Waals surface area contributed by atoms with Crippen LogP contribution in [-0.4, -0.2) is 12.6 Å². The quantitative estimate of drug-likeness (QED) is 0.800. The van der Waals surface area contributed by atoms with E-state index in [1.54, 1.807) is 0 Å². The van der Waals surface area contributed by atoms with Crippen LogP contribution in [0, 0.1) is 0 Å². The van der Waals surface area contributed by atoms with Gasteiger partial charge >= 0.3 is 0 Å². The first-order valence-electron chi connectivity index (χ1n) is 6.04. The highest BCUT2D eigenvalue weighted by Crippen LogP contribution is 2.23. The Bertz CT molecular complexity index is 314. The van der Waals surface area contributed by atoms with Crippen LogP contribution in [0.15, 0.2) is 24.3 Å². The van der Waals surface area contributed by atoms with Crippen LogP contribution in [-0.2, 0) is 6.42 Å². The van der Waals surface area contributed by atoms with E-state index < -0.39 is 0 Å². The third-order valence-corrected chi connectivity index (χ3v) is 3.30. The minimum absolute atomic E-state index is 0.0215. The first-order chi connectivity index (χ1) is 7.51. The zero-order valence-electron chi connectivity index (χ0n) is 10.9. The highest BCUT2D eigenvalue weighted by molar-refractivity contribution is 5.27. The van der Waals surface area contributed by atoms with E-state index in [2.05, 4.69) is 50.4 Å². The summed E-state index contributed by atoms with van der Waals surface area (Å²) in [7, 11) is 1.95. The van der Waals surface area contributed by atoms with Gasteiger partial charge in [0.25, 0.3) is 0 Å². The van der Waals surface area contributed by atoms with Gasteiger partial charge < -0.3 is 11.1 Å². The lowest BCUT2D eigenvalue weighted by molar-refractivity contribution is 0.348. The van der Waals surface area contributed by atoms with Crippen molar-refractivity contribution in [1.29, 1.82) is 0 Å². The van der Waals surface area contributed by atoms with Gasteiger partial charge in [-0.15, -0.1) is 0 Å². The van der Waals surface area contributed by atoms with E-state index >= 15 is 0 Å². The molecule has 0 amide bonds. The second-order valence-electron chi connectivity index (χ2n) is 4.94. The smallest absolute Gasteiger partial charge is 0.0474 e. The van der Waals surface area contributed by atoms with Gasteiger partial charge in [0.05, 0.1) is 0 Å². The molecule has 2 nitrogen and oxygen atoms in total. The topological polar surface area (TPSA) is 38.0 Å². The summed E-state index contributed by atoms with van der Waals surface area (Å²) in [5.74, 6) is 0. The van der Waals surface area contributed by atoms with E-state index in [9.17, 15) is 0 Å². The van der Waals surface area contributed by atoms with Crippen molar-refractivity contribution in [1.82, 2.24) is 5.32 Å². The lowest BCUT2D eigenvalue weighted by Crippen LogP contribution is -2.46. The van der Waals surface area contributed by atoms with Crippen LogP contribution in [0.1, 0.15) is 44.4 Å². The van der Waals surface area contributed by atoms with Gasteiger partial charge in [0.1, 0.15) is 0 Å². The van der Waals surface area contributed by atoms with E-state index in [0.717, 1.165) is 6.42 Å². The summed E-state index contributed by atoms with van der Waals surface area (Å²) >= 11 is 0. The number of aryl methyl sites for hydroxylation is 1.